The largest absolute Gasteiger partial charge is 0.465 e. The first-order valence-electron chi connectivity index (χ1n) is 8.84. The zero-order chi connectivity index (χ0) is 20.3. The van der Waals surface area contributed by atoms with E-state index < -0.39 is 5.97 Å². The minimum atomic E-state index is -0.465. The number of nitrogens with zero attached hydrogens (tertiary/aromatic N) is 3. The van der Waals surface area contributed by atoms with Gasteiger partial charge in [0.15, 0.2) is 11.5 Å². The van der Waals surface area contributed by atoms with Crippen molar-refractivity contribution in [3.8, 4) is 0 Å². The Morgan fingerprint density at radius 2 is 2.11 bits per heavy atom. The predicted octanol–water partition coefficient (Wildman–Crippen LogP) is 2.69. The van der Waals surface area contributed by atoms with Crippen LogP contribution in [-0.2, 0) is 4.74 Å². The minimum absolute atomic E-state index is 0.297. The summed E-state index contributed by atoms with van der Waals surface area (Å²) in [6.07, 6.45) is 4.59. The molecule has 1 amide bonds. The van der Waals surface area contributed by atoms with Gasteiger partial charge >= 0.3 is 5.97 Å². The highest BCUT2D eigenvalue weighted by molar-refractivity contribution is 7.98. The van der Waals surface area contributed by atoms with Crippen LogP contribution in [0.2, 0.25) is 0 Å². The number of amides is 1. The van der Waals surface area contributed by atoms with Gasteiger partial charge in [-0.05, 0) is 50.0 Å². The maximum atomic E-state index is 13.0. The van der Waals surface area contributed by atoms with Gasteiger partial charge in [0.25, 0.3) is 5.91 Å². The van der Waals surface area contributed by atoms with E-state index in [9.17, 15) is 9.59 Å². The van der Waals surface area contributed by atoms with Crippen molar-refractivity contribution in [3.63, 3.8) is 0 Å². The van der Waals surface area contributed by atoms with Crippen LogP contribution in [0.5, 0.6) is 0 Å². The van der Waals surface area contributed by atoms with Crippen LogP contribution in [0.25, 0.3) is 5.65 Å². The standard InChI is InChI=1S/C19H23N5O3S/c1-11-15(19(26)27-3)12(2)20-16(11)18(25)21-13(8-10-28-4)17-23-22-14-7-5-6-9-24(14)17/h5-7,9,13,20H,8,10H2,1-4H3,(H,21,25). The average Bonchev–Trinajstić information content (AvgIpc) is 3.25. The Hall–Kier alpha value is -2.81. The minimum Gasteiger partial charge on any atom is -0.465 e. The molecule has 28 heavy (non-hydrogen) atoms. The lowest BCUT2D eigenvalue weighted by Gasteiger charge is -2.17. The highest BCUT2D eigenvalue weighted by Crippen LogP contribution is 2.22. The molecular formula is C19H23N5O3S. The second kappa shape index (κ2) is 8.47. The van der Waals surface area contributed by atoms with Crippen molar-refractivity contribution in [2.45, 2.75) is 26.3 Å². The Kier molecular flexibility index (Phi) is 6.03. The zero-order valence-electron chi connectivity index (χ0n) is 16.3. The molecule has 1 atom stereocenters. The second-order valence-electron chi connectivity index (χ2n) is 6.41. The number of hydrogen-bond donors (Lipinski definition) is 2. The van der Waals surface area contributed by atoms with Gasteiger partial charge in [0.05, 0.1) is 18.7 Å². The summed E-state index contributed by atoms with van der Waals surface area (Å²) in [6, 6.07) is 5.34. The van der Waals surface area contributed by atoms with E-state index in [2.05, 4.69) is 20.5 Å². The van der Waals surface area contributed by atoms with Crippen LogP contribution in [0.3, 0.4) is 0 Å². The number of aromatic amines is 1. The van der Waals surface area contributed by atoms with Gasteiger partial charge < -0.3 is 15.0 Å². The third-order valence-corrected chi connectivity index (χ3v) is 5.27. The number of aryl methyl sites for hydroxylation is 1. The number of carbonyl (C=O) groups excluding carboxylic acids is 2. The van der Waals surface area contributed by atoms with Crippen molar-refractivity contribution < 1.29 is 14.3 Å². The number of pyridine rings is 1. The number of ether oxygens (including phenoxy) is 1. The maximum Gasteiger partial charge on any atom is 0.339 e. The summed E-state index contributed by atoms with van der Waals surface area (Å²) in [5.41, 5.74) is 2.63. The van der Waals surface area contributed by atoms with Crippen molar-refractivity contribution in [3.05, 3.63) is 52.7 Å². The lowest BCUT2D eigenvalue weighted by molar-refractivity contribution is 0.0599. The van der Waals surface area contributed by atoms with Gasteiger partial charge in [0.1, 0.15) is 5.69 Å². The molecule has 0 spiro atoms. The number of rotatable bonds is 7. The summed E-state index contributed by atoms with van der Waals surface area (Å²) >= 11 is 1.69. The number of methoxy groups -OCH3 is 1. The molecule has 0 aliphatic carbocycles. The van der Waals surface area contributed by atoms with Gasteiger partial charge in [-0.1, -0.05) is 6.07 Å². The van der Waals surface area contributed by atoms with Gasteiger partial charge in [-0.2, -0.15) is 11.8 Å². The molecule has 0 bridgehead atoms. The summed E-state index contributed by atoms with van der Waals surface area (Å²) < 4.78 is 6.69. The molecule has 2 N–H and O–H groups in total. The first kappa shape index (κ1) is 19.9. The molecule has 1 unspecified atom stereocenters. The van der Waals surface area contributed by atoms with Crippen molar-refractivity contribution in [2.24, 2.45) is 0 Å². The molecule has 0 saturated carbocycles. The summed E-state index contributed by atoms with van der Waals surface area (Å²) in [6.45, 7) is 3.47. The van der Waals surface area contributed by atoms with Crippen LogP contribution in [0.1, 0.15) is 50.4 Å². The Morgan fingerprint density at radius 1 is 1.32 bits per heavy atom. The summed E-state index contributed by atoms with van der Waals surface area (Å²) in [5.74, 6) is 0.761. The van der Waals surface area contributed by atoms with Gasteiger partial charge in [0.2, 0.25) is 0 Å². The van der Waals surface area contributed by atoms with Crippen LogP contribution in [0.15, 0.2) is 24.4 Å². The normalized spacial score (nSPS) is 12.1. The van der Waals surface area contributed by atoms with E-state index in [-0.39, 0.29) is 11.9 Å². The molecule has 3 heterocycles. The molecule has 148 valence electrons. The van der Waals surface area contributed by atoms with Crippen LogP contribution >= 0.6 is 11.8 Å². The van der Waals surface area contributed by atoms with Crippen LogP contribution < -0.4 is 5.32 Å². The average molecular weight is 401 g/mol. The lowest BCUT2D eigenvalue weighted by Crippen LogP contribution is -2.31. The summed E-state index contributed by atoms with van der Waals surface area (Å²) in [5, 5.41) is 11.5. The Labute approximate surface area is 167 Å². The van der Waals surface area contributed by atoms with E-state index >= 15 is 0 Å². The van der Waals surface area contributed by atoms with Crippen LogP contribution in [0, 0.1) is 13.8 Å². The molecule has 3 aromatic heterocycles. The van der Waals surface area contributed by atoms with Crippen LogP contribution in [0.4, 0.5) is 0 Å². The number of carbonyl (C=O) groups is 2. The number of thioether (sulfide) groups is 1. The second-order valence-corrected chi connectivity index (χ2v) is 7.40. The predicted molar refractivity (Wildman–Crippen MR) is 108 cm³/mol. The molecule has 0 aliphatic heterocycles. The topological polar surface area (TPSA) is 101 Å². The molecule has 0 radical (unpaired) electrons. The molecule has 3 rings (SSSR count). The zero-order valence-corrected chi connectivity index (χ0v) is 17.1. The fourth-order valence-corrected chi connectivity index (χ4v) is 3.69. The molecule has 3 aromatic rings. The third kappa shape index (κ3) is 3.75. The van der Waals surface area contributed by atoms with Crippen molar-refractivity contribution in [1.29, 1.82) is 0 Å². The molecule has 0 fully saturated rings. The summed E-state index contributed by atoms with van der Waals surface area (Å²) in [7, 11) is 1.32. The third-order valence-electron chi connectivity index (χ3n) is 4.62. The van der Waals surface area contributed by atoms with Crippen LogP contribution in [-0.4, -0.2) is 50.6 Å². The lowest BCUT2D eigenvalue weighted by atomic mass is 10.1. The first-order chi connectivity index (χ1) is 13.5. The van der Waals surface area contributed by atoms with E-state index in [1.165, 1.54) is 7.11 Å². The van der Waals surface area contributed by atoms with Gasteiger partial charge in [-0.3, -0.25) is 9.20 Å². The molecule has 0 saturated heterocycles. The fourth-order valence-electron chi connectivity index (χ4n) is 3.21. The van der Waals surface area contributed by atoms with E-state index in [0.717, 1.165) is 11.4 Å². The SMILES string of the molecule is COC(=O)c1c(C)[nH]c(C(=O)NC(CCSC)c2nnc3ccccn23)c1C. The first-order valence-corrected chi connectivity index (χ1v) is 10.2. The van der Waals surface area contributed by atoms with Crippen molar-refractivity contribution in [1.82, 2.24) is 24.9 Å². The van der Waals surface area contributed by atoms with E-state index in [1.54, 1.807) is 25.6 Å². The Balaban J connectivity index is 1.92. The number of hydrogen-bond acceptors (Lipinski definition) is 6. The van der Waals surface area contributed by atoms with E-state index in [0.29, 0.717) is 34.8 Å². The molecule has 8 nitrogen and oxygen atoms in total. The smallest absolute Gasteiger partial charge is 0.339 e. The number of H-pyrrole nitrogens is 1. The Bertz CT molecular complexity index is 1010. The number of esters is 1. The fraction of sp³-hybridized carbons (Fsp3) is 0.368. The van der Waals surface area contributed by atoms with Crippen molar-refractivity contribution in [2.75, 3.05) is 19.1 Å². The van der Waals surface area contributed by atoms with Gasteiger partial charge in [-0.15, -0.1) is 10.2 Å². The molecule has 0 aliphatic rings. The summed E-state index contributed by atoms with van der Waals surface area (Å²) in [4.78, 5) is 28.0. The van der Waals surface area contributed by atoms with E-state index in [1.807, 2.05) is 35.1 Å². The highest BCUT2D eigenvalue weighted by atomic mass is 32.2. The highest BCUT2D eigenvalue weighted by Gasteiger charge is 2.26. The van der Waals surface area contributed by atoms with E-state index in [4.69, 9.17) is 4.74 Å². The van der Waals surface area contributed by atoms with Gasteiger partial charge in [0, 0.05) is 11.9 Å². The monoisotopic (exact) mass is 401 g/mol. The molecule has 9 heteroatoms. The molecule has 0 aromatic carbocycles. The number of aromatic nitrogens is 4. The quantitative estimate of drug-likeness (QED) is 0.590. The van der Waals surface area contributed by atoms with Crippen molar-refractivity contribution >= 4 is 29.3 Å². The van der Waals surface area contributed by atoms with Gasteiger partial charge in [-0.25, -0.2) is 4.79 Å². The number of fused-ring (bicyclic) bond motifs is 1. The maximum absolute atomic E-state index is 13.0. The molecular weight excluding hydrogens is 378 g/mol. The number of nitrogens with one attached hydrogen (secondary N) is 2. The Morgan fingerprint density at radius 3 is 2.82 bits per heavy atom.